The SMILES string of the molecule is COC(=O)c1cc(C2CC2)c2c(C)c(-c3ccncc3F)ccn2c1=O. The highest BCUT2D eigenvalue weighted by molar-refractivity contribution is 5.90. The van der Waals surface area contributed by atoms with Crippen molar-refractivity contribution in [2.24, 2.45) is 0 Å². The van der Waals surface area contributed by atoms with Crippen LogP contribution in [0.15, 0.2) is 41.6 Å². The molecule has 1 fully saturated rings. The summed E-state index contributed by atoms with van der Waals surface area (Å²) in [5, 5.41) is 0. The molecule has 0 aliphatic heterocycles. The van der Waals surface area contributed by atoms with Crippen LogP contribution in [-0.4, -0.2) is 22.5 Å². The molecule has 0 N–H and O–H groups in total. The van der Waals surface area contributed by atoms with Crippen molar-refractivity contribution in [1.82, 2.24) is 9.38 Å². The second-order valence-electron chi connectivity index (χ2n) is 6.51. The van der Waals surface area contributed by atoms with Crippen LogP contribution in [0.4, 0.5) is 4.39 Å². The summed E-state index contributed by atoms with van der Waals surface area (Å²) in [5.41, 5.74) is 3.20. The number of rotatable bonds is 3. The van der Waals surface area contributed by atoms with Gasteiger partial charge in [-0.1, -0.05) is 0 Å². The average Bonchev–Trinajstić information content (AvgIpc) is 3.48. The second-order valence-corrected chi connectivity index (χ2v) is 6.51. The van der Waals surface area contributed by atoms with Crippen LogP contribution < -0.4 is 5.56 Å². The molecular weight excluding hydrogens is 335 g/mol. The molecule has 0 unspecified atom stereocenters. The van der Waals surface area contributed by atoms with Gasteiger partial charge in [-0.25, -0.2) is 9.18 Å². The summed E-state index contributed by atoms with van der Waals surface area (Å²) < 4.78 is 20.5. The Labute approximate surface area is 149 Å². The average molecular weight is 352 g/mol. The number of esters is 1. The Morgan fingerprint density at radius 3 is 2.73 bits per heavy atom. The van der Waals surface area contributed by atoms with E-state index in [0.29, 0.717) is 17.0 Å². The monoisotopic (exact) mass is 352 g/mol. The minimum absolute atomic E-state index is 0.0224. The molecule has 6 heteroatoms. The van der Waals surface area contributed by atoms with Crippen molar-refractivity contribution >= 4 is 11.5 Å². The smallest absolute Gasteiger partial charge is 0.343 e. The lowest BCUT2D eigenvalue weighted by atomic mass is 9.97. The number of hydrogen-bond donors (Lipinski definition) is 0. The zero-order valence-electron chi connectivity index (χ0n) is 14.5. The van der Waals surface area contributed by atoms with E-state index in [1.165, 1.54) is 23.9 Å². The molecule has 1 aliphatic rings. The summed E-state index contributed by atoms with van der Waals surface area (Å²) >= 11 is 0. The summed E-state index contributed by atoms with van der Waals surface area (Å²) in [6, 6.07) is 4.95. The lowest BCUT2D eigenvalue weighted by Gasteiger charge is -2.16. The Hall–Kier alpha value is -3.02. The molecule has 3 aromatic heterocycles. The molecule has 0 amide bonds. The van der Waals surface area contributed by atoms with Gasteiger partial charge >= 0.3 is 5.97 Å². The quantitative estimate of drug-likeness (QED) is 0.677. The van der Waals surface area contributed by atoms with Gasteiger partial charge in [0.05, 0.1) is 18.8 Å². The highest BCUT2D eigenvalue weighted by Crippen LogP contribution is 2.43. The minimum atomic E-state index is -0.645. The van der Waals surface area contributed by atoms with Crippen LogP contribution in [0, 0.1) is 12.7 Å². The summed E-state index contributed by atoms with van der Waals surface area (Å²) in [6.45, 7) is 1.87. The fourth-order valence-corrected chi connectivity index (χ4v) is 3.44. The summed E-state index contributed by atoms with van der Waals surface area (Å²) in [7, 11) is 1.26. The van der Waals surface area contributed by atoms with Crippen molar-refractivity contribution in [3.05, 3.63) is 69.7 Å². The second kappa shape index (κ2) is 6.05. The molecule has 3 aromatic rings. The molecule has 1 aliphatic carbocycles. The zero-order chi connectivity index (χ0) is 18.4. The van der Waals surface area contributed by atoms with Crippen LogP contribution in [-0.2, 0) is 4.74 Å². The minimum Gasteiger partial charge on any atom is -0.465 e. The number of pyridine rings is 3. The van der Waals surface area contributed by atoms with Gasteiger partial charge in [-0.3, -0.25) is 14.2 Å². The lowest BCUT2D eigenvalue weighted by Crippen LogP contribution is -2.24. The largest absolute Gasteiger partial charge is 0.465 e. The van der Waals surface area contributed by atoms with Gasteiger partial charge in [0, 0.05) is 18.0 Å². The van der Waals surface area contributed by atoms with Crippen LogP contribution in [0.25, 0.3) is 16.6 Å². The number of carbonyl (C=O) groups is 1. The summed E-state index contributed by atoms with van der Waals surface area (Å²) in [6.07, 6.45) is 6.31. The maximum atomic E-state index is 14.2. The van der Waals surface area contributed by atoms with Crippen LogP contribution in [0.3, 0.4) is 0 Å². The molecule has 26 heavy (non-hydrogen) atoms. The Morgan fingerprint density at radius 1 is 1.31 bits per heavy atom. The van der Waals surface area contributed by atoms with Gasteiger partial charge < -0.3 is 4.74 Å². The molecule has 0 aromatic carbocycles. The normalized spacial score (nSPS) is 13.8. The van der Waals surface area contributed by atoms with Gasteiger partial charge in [0.2, 0.25) is 0 Å². The van der Waals surface area contributed by atoms with Crippen molar-refractivity contribution in [3.8, 4) is 11.1 Å². The van der Waals surface area contributed by atoms with Crippen molar-refractivity contribution in [2.45, 2.75) is 25.7 Å². The van der Waals surface area contributed by atoms with E-state index in [1.54, 1.807) is 24.4 Å². The van der Waals surface area contributed by atoms with Crippen LogP contribution in [0.2, 0.25) is 0 Å². The number of aryl methyl sites for hydroxylation is 1. The zero-order valence-corrected chi connectivity index (χ0v) is 14.5. The first-order valence-corrected chi connectivity index (χ1v) is 8.40. The molecule has 3 heterocycles. The van der Waals surface area contributed by atoms with Gasteiger partial charge in [-0.15, -0.1) is 0 Å². The van der Waals surface area contributed by atoms with Crippen molar-refractivity contribution < 1.29 is 13.9 Å². The number of ether oxygens (including phenoxy) is 1. The molecule has 132 valence electrons. The van der Waals surface area contributed by atoms with E-state index in [1.807, 2.05) is 6.92 Å². The standard InChI is InChI=1S/C20H17FN2O3/c1-11-13(14-5-7-22-10-17(14)21)6-8-23-18(11)15(12-3-4-12)9-16(19(23)24)20(25)26-2/h5-10,12H,3-4H2,1-2H3. The van der Waals surface area contributed by atoms with E-state index >= 15 is 0 Å². The third kappa shape index (κ3) is 2.49. The molecule has 1 saturated carbocycles. The lowest BCUT2D eigenvalue weighted by molar-refractivity contribution is 0.0598. The van der Waals surface area contributed by atoms with Crippen molar-refractivity contribution in [1.29, 1.82) is 0 Å². The van der Waals surface area contributed by atoms with E-state index in [4.69, 9.17) is 4.74 Å². The molecule has 0 saturated heterocycles. The molecule has 0 radical (unpaired) electrons. The van der Waals surface area contributed by atoms with Crippen molar-refractivity contribution in [2.75, 3.05) is 7.11 Å². The predicted molar refractivity (Wildman–Crippen MR) is 94.9 cm³/mol. The van der Waals surface area contributed by atoms with E-state index in [0.717, 1.165) is 29.5 Å². The van der Waals surface area contributed by atoms with Gasteiger partial charge in [0.15, 0.2) is 0 Å². The Kier molecular flexibility index (Phi) is 3.83. The van der Waals surface area contributed by atoms with E-state index in [9.17, 15) is 14.0 Å². The number of nitrogens with zero attached hydrogens (tertiary/aromatic N) is 2. The topological polar surface area (TPSA) is 60.7 Å². The van der Waals surface area contributed by atoms with E-state index in [-0.39, 0.29) is 5.56 Å². The number of fused-ring (bicyclic) bond motifs is 1. The molecular formula is C20H17FN2O3. The van der Waals surface area contributed by atoms with Gasteiger partial charge in [-0.2, -0.15) is 0 Å². The third-order valence-corrected chi connectivity index (χ3v) is 4.90. The Balaban J connectivity index is 2.06. The van der Waals surface area contributed by atoms with Gasteiger partial charge in [-0.05, 0) is 60.6 Å². The van der Waals surface area contributed by atoms with E-state index < -0.39 is 17.3 Å². The highest BCUT2D eigenvalue weighted by Gasteiger charge is 2.29. The number of methoxy groups -OCH3 is 1. The maximum absolute atomic E-state index is 14.2. The van der Waals surface area contributed by atoms with Gasteiger partial charge in [0.1, 0.15) is 11.4 Å². The van der Waals surface area contributed by atoms with E-state index in [2.05, 4.69) is 4.98 Å². The Morgan fingerprint density at radius 2 is 2.08 bits per heavy atom. The van der Waals surface area contributed by atoms with Crippen LogP contribution >= 0.6 is 0 Å². The summed E-state index contributed by atoms with van der Waals surface area (Å²) in [4.78, 5) is 28.6. The first-order chi connectivity index (χ1) is 12.5. The number of aromatic nitrogens is 2. The number of hydrogen-bond acceptors (Lipinski definition) is 4. The van der Waals surface area contributed by atoms with Gasteiger partial charge in [0.25, 0.3) is 5.56 Å². The summed E-state index contributed by atoms with van der Waals surface area (Å²) in [5.74, 6) is -0.764. The third-order valence-electron chi connectivity index (χ3n) is 4.90. The molecule has 0 atom stereocenters. The maximum Gasteiger partial charge on any atom is 0.343 e. The molecule has 5 nitrogen and oxygen atoms in total. The molecule has 0 spiro atoms. The van der Waals surface area contributed by atoms with Crippen molar-refractivity contribution in [3.63, 3.8) is 0 Å². The first-order valence-electron chi connectivity index (χ1n) is 8.40. The number of carbonyl (C=O) groups excluding carboxylic acids is 1. The molecule has 0 bridgehead atoms. The fraction of sp³-hybridized carbons (Fsp3) is 0.250. The van der Waals surface area contributed by atoms with Crippen LogP contribution in [0.1, 0.15) is 40.2 Å². The van der Waals surface area contributed by atoms with Crippen LogP contribution in [0.5, 0.6) is 0 Å². The Bertz CT molecular complexity index is 1100. The number of halogens is 1. The highest BCUT2D eigenvalue weighted by atomic mass is 19.1. The predicted octanol–water partition coefficient (Wildman–Crippen LogP) is 3.47. The molecule has 4 rings (SSSR count). The first kappa shape index (κ1) is 16.4. The fourth-order valence-electron chi connectivity index (χ4n) is 3.44.